The van der Waals surface area contributed by atoms with Gasteiger partial charge in [-0.15, -0.1) is 0 Å². The van der Waals surface area contributed by atoms with Crippen LogP contribution in [0.15, 0.2) is 18.3 Å². The number of amides is 1. The minimum atomic E-state index is 0.319. The maximum atomic E-state index is 12.3. The third kappa shape index (κ3) is 2.79. The first-order chi connectivity index (χ1) is 9.74. The first-order valence-electron chi connectivity index (χ1n) is 7.70. The van der Waals surface area contributed by atoms with Crippen LogP contribution < -0.4 is 4.90 Å². The van der Waals surface area contributed by atoms with Crippen molar-refractivity contribution in [3.63, 3.8) is 0 Å². The minimum Gasteiger partial charge on any atom is -0.355 e. The van der Waals surface area contributed by atoms with E-state index in [1.165, 1.54) is 12.0 Å². The van der Waals surface area contributed by atoms with E-state index in [9.17, 15) is 4.79 Å². The monoisotopic (exact) mass is 273 g/mol. The van der Waals surface area contributed by atoms with Gasteiger partial charge in [0.1, 0.15) is 5.82 Å². The molecule has 0 spiro atoms. The summed E-state index contributed by atoms with van der Waals surface area (Å²) < 4.78 is 0. The van der Waals surface area contributed by atoms with Crippen LogP contribution >= 0.6 is 0 Å². The molecular formula is C16H23N3O. The zero-order chi connectivity index (χ0) is 13.9. The van der Waals surface area contributed by atoms with Gasteiger partial charge in [0, 0.05) is 38.3 Å². The number of carbonyl (C=O) groups excluding carboxylic acids is 1. The Hall–Kier alpha value is -1.58. The van der Waals surface area contributed by atoms with Gasteiger partial charge in [-0.3, -0.25) is 4.79 Å². The highest BCUT2D eigenvalue weighted by atomic mass is 16.2. The van der Waals surface area contributed by atoms with Crippen molar-refractivity contribution in [2.75, 3.05) is 31.1 Å². The lowest BCUT2D eigenvalue weighted by atomic mass is 9.84. The molecule has 0 bridgehead atoms. The van der Waals surface area contributed by atoms with E-state index in [2.05, 4.69) is 33.8 Å². The maximum absolute atomic E-state index is 12.3. The van der Waals surface area contributed by atoms with E-state index < -0.39 is 0 Å². The van der Waals surface area contributed by atoms with E-state index in [0.717, 1.165) is 51.3 Å². The highest BCUT2D eigenvalue weighted by Gasteiger charge is 2.30. The van der Waals surface area contributed by atoms with Crippen molar-refractivity contribution in [3.8, 4) is 0 Å². The van der Waals surface area contributed by atoms with Gasteiger partial charge in [0.25, 0.3) is 0 Å². The summed E-state index contributed by atoms with van der Waals surface area (Å²) in [5, 5.41) is 0. The summed E-state index contributed by atoms with van der Waals surface area (Å²) in [5.74, 6) is 1.74. The fraction of sp³-hybridized carbons (Fsp3) is 0.625. The number of rotatable bonds is 2. The zero-order valence-electron chi connectivity index (χ0n) is 12.2. The van der Waals surface area contributed by atoms with Crippen LogP contribution in [0.5, 0.6) is 0 Å². The summed E-state index contributed by atoms with van der Waals surface area (Å²) in [4.78, 5) is 21.2. The normalized spacial score (nSPS) is 20.4. The van der Waals surface area contributed by atoms with Crippen molar-refractivity contribution >= 4 is 11.7 Å². The predicted octanol–water partition coefficient (Wildman–Crippen LogP) is 2.23. The van der Waals surface area contributed by atoms with Crippen LogP contribution in [0.25, 0.3) is 0 Å². The van der Waals surface area contributed by atoms with Gasteiger partial charge in [-0.25, -0.2) is 4.98 Å². The molecule has 1 aliphatic heterocycles. The Bertz CT molecular complexity index is 467. The molecule has 2 heterocycles. The molecular weight excluding hydrogens is 250 g/mol. The maximum Gasteiger partial charge on any atom is 0.225 e. The average Bonchev–Trinajstić information content (AvgIpc) is 2.63. The molecule has 0 atom stereocenters. The van der Waals surface area contributed by atoms with Crippen molar-refractivity contribution in [1.29, 1.82) is 0 Å². The summed E-state index contributed by atoms with van der Waals surface area (Å²) >= 11 is 0. The number of anilines is 1. The Morgan fingerprint density at radius 2 is 2.00 bits per heavy atom. The van der Waals surface area contributed by atoms with Crippen LogP contribution in [-0.4, -0.2) is 42.0 Å². The van der Waals surface area contributed by atoms with E-state index in [1.54, 1.807) is 0 Å². The lowest BCUT2D eigenvalue weighted by molar-refractivity contribution is -0.137. The van der Waals surface area contributed by atoms with E-state index in [1.807, 2.05) is 6.20 Å². The standard InChI is InChI=1S/C16H23N3O/c1-13-6-7-15(17-12-13)18-8-3-9-19(11-10-18)16(20)14-4-2-5-14/h6-7,12,14H,2-5,8-11H2,1H3. The molecule has 1 amide bonds. The zero-order valence-corrected chi connectivity index (χ0v) is 12.2. The molecule has 20 heavy (non-hydrogen) atoms. The van der Waals surface area contributed by atoms with E-state index in [0.29, 0.717) is 11.8 Å². The molecule has 1 aliphatic carbocycles. The van der Waals surface area contributed by atoms with Gasteiger partial charge >= 0.3 is 0 Å². The van der Waals surface area contributed by atoms with Crippen LogP contribution in [0.3, 0.4) is 0 Å². The number of nitrogens with zero attached hydrogens (tertiary/aromatic N) is 3. The Balaban J connectivity index is 1.61. The lowest BCUT2D eigenvalue weighted by Gasteiger charge is -2.31. The molecule has 0 radical (unpaired) electrons. The van der Waals surface area contributed by atoms with Crippen LogP contribution in [0.4, 0.5) is 5.82 Å². The molecule has 1 saturated heterocycles. The summed E-state index contributed by atoms with van der Waals surface area (Å²) in [6, 6.07) is 4.18. The molecule has 1 aromatic rings. The summed E-state index contributed by atoms with van der Waals surface area (Å²) in [7, 11) is 0. The van der Waals surface area contributed by atoms with Gasteiger partial charge in [0.15, 0.2) is 0 Å². The van der Waals surface area contributed by atoms with Gasteiger partial charge in [0.05, 0.1) is 0 Å². The van der Waals surface area contributed by atoms with E-state index in [4.69, 9.17) is 0 Å². The number of hydrogen-bond donors (Lipinski definition) is 0. The van der Waals surface area contributed by atoms with Crippen LogP contribution in [0, 0.1) is 12.8 Å². The highest BCUT2D eigenvalue weighted by molar-refractivity contribution is 5.79. The SMILES string of the molecule is Cc1ccc(N2CCCN(C(=O)C3CCC3)CC2)nc1. The van der Waals surface area contributed by atoms with Crippen LogP contribution in [0.1, 0.15) is 31.2 Å². The fourth-order valence-electron chi connectivity index (χ4n) is 2.93. The quantitative estimate of drug-likeness (QED) is 0.829. The minimum absolute atomic E-state index is 0.319. The molecule has 0 N–H and O–H groups in total. The molecule has 0 unspecified atom stereocenters. The van der Waals surface area contributed by atoms with Crippen molar-refractivity contribution in [2.24, 2.45) is 5.92 Å². The predicted molar refractivity (Wildman–Crippen MR) is 79.7 cm³/mol. The number of aromatic nitrogens is 1. The Morgan fingerprint density at radius 1 is 1.15 bits per heavy atom. The smallest absolute Gasteiger partial charge is 0.225 e. The second-order valence-corrected chi connectivity index (χ2v) is 5.99. The van der Waals surface area contributed by atoms with Gasteiger partial charge in [0.2, 0.25) is 5.91 Å². The van der Waals surface area contributed by atoms with Crippen molar-refractivity contribution in [3.05, 3.63) is 23.9 Å². The van der Waals surface area contributed by atoms with Crippen molar-refractivity contribution in [1.82, 2.24) is 9.88 Å². The average molecular weight is 273 g/mol. The molecule has 4 nitrogen and oxygen atoms in total. The molecule has 2 aliphatic rings. The number of pyridine rings is 1. The highest BCUT2D eigenvalue weighted by Crippen LogP contribution is 2.28. The third-order valence-electron chi connectivity index (χ3n) is 4.48. The van der Waals surface area contributed by atoms with E-state index in [-0.39, 0.29) is 0 Å². The lowest BCUT2D eigenvalue weighted by Crippen LogP contribution is -2.41. The van der Waals surface area contributed by atoms with Gasteiger partial charge in [-0.2, -0.15) is 0 Å². The van der Waals surface area contributed by atoms with Gasteiger partial charge < -0.3 is 9.80 Å². The van der Waals surface area contributed by atoms with Crippen molar-refractivity contribution < 1.29 is 4.79 Å². The van der Waals surface area contributed by atoms with Crippen LogP contribution in [0.2, 0.25) is 0 Å². The second-order valence-electron chi connectivity index (χ2n) is 5.99. The third-order valence-corrected chi connectivity index (χ3v) is 4.48. The fourth-order valence-corrected chi connectivity index (χ4v) is 2.93. The van der Waals surface area contributed by atoms with Gasteiger partial charge in [-0.1, -0.05) is 12.5 Å². The van der Waals surface area contributed by atoms with Gasteiger partial charge in [-0.05, 0) is 37.8 Å². The Morgan fingerprint density at radius 3 is 2.65 bits per heavy atom. The number of carbonyl (C=O) groups is 1. The summed E-state index contributed by atoms with van der Waals surface area (Å²) in [5.41, 5.74) is 1.19. The molecule has 3 rings (SSSR count). The molecule has 0 aromatic carbocycles. The summed E-state index contributed by atoms with van der Waals surface area (Å²) in [6.07, 6.45) is 6.37. The van der Waals surface area contributed by atoms with Crippen LogP contribution in [-0.2, 0) is 4.79 Å². The number of aryl methyl sites for hydroxylation is 1. The first kappa shape index (κ1) is 13.4. The first-order valence-corrected chi connectivity index (χ1v) is 7.70. The Labute approximate surface area is 120 Å². The van der Waals surface area contributed by atoms with Crippen molar-refractivity contribution in [2.45, 2.75) is 32.6 Å². The topological polar surface area (TPSA) is 36.4 Å². The molecule has 1 saturated carbocycles. The summed E-state index contributed by atoms with van der Waals surface area (Å²) in [6.45, 7) is 5.68. The molecule has 1 aromatic heterocycles. The molecule has 4 heteroatoms. The number of hydrogen-bond acceptors (Lipinski definition) is 3. The molecule has 2 fully saturated rings. The molecule has 108 valence electrons. The Kier molecular flexibility index (Phi) is 3.90. The van der Waals surface area contributed by atoms with E-state index >= 15 is 0 Å². The second kappa shape index (κ2) is 5.81. The largest absolute Gasteiger partial charge is 0.355 e.